The van der Waals surface area contributed by atoms with Crippen molar-refractivity contribution in [2.24, 2.45) is 0 Å². The number of hydrogen-bond donors (Lipinski definition) is 0. The maximum atomic E-state index is 6.21. The molecule has 6 aromatic carbocycles. The first-order valence-electron chi connectivity index (χ1n) is 14.8. The molecule has 9 rings (SSSR count). The first kappa shape index (κ1) is 24.6. The molecule has 0 aliphatic heterocycles. The van der Waals surface area contributed by atoms with E-state index in [0.717, 1.165) is 55.7 Å². The number of para-hydroxylation sites is 3. The summed E-state index contributed by atoms with van der Waals surface area (Å²) in [4.78, 5) is 10.2. The van der Waals surface area contributed by atoms with Gasteiger partial charge in [-0.15, -0.1) is 0 Å². The topological polar surface area (TPSA) is 43.9 Å². The van der Waals surface area contributed by atoms with Crippen molar-refractivity contribution in [3.8, 4) is 39.6 Å². The van der Waals surface area contributed by atoms with Crippen molar-refractivity contribution < 1.29 is 4.42 Å². The van der Waals surface area contributed by atoms with Gasteiger partial charge in [-0.3, -0.25) is 0 Å². The van der Waals surface area contributed by atoms with Crippen LogP contribution in [-0.4, -0.2) is 14.5 Å². The van der Waals surface area contributed by atoms with Crippen LogP contribution in [0.15, 0.2) is 156 Å². The van der Waals surface area contributed by atoms with Crippen molar-refractivity contribution in [1.29, 1.82) is 0 Å². The van der Waals surface area contributed by atoms with Crippen molar-refractivity contribution in [3.63, 3.8) is 0 Å². The average Bonchev–Trinajstić information content (AvgIpc) is 3.65. The minimum absolute atomic E-state index is 0.680. The number of aromatic nitrogens is 3. The standard InChI is InChI=1S/C40H25N3O/c1-2-11-26(12-3-1)33-25-34(31-16-10-20-38-39(31)32-15-6-9-19-37(32)44-38)42-40(41-33)27-21-23-28(24-22-27)43-35-17-7-4-13-29(35)30-14-5-8-18-36(30)43/h1-25H. The number of fused-ring (bicyclic) bond motifs is 6. The number of furan rings is 1. The third kappa shape index (κ3) is 3.85. The Morgan fingerprint density at radius 2 is 1.07 bits per heavy atom. The minimum Gasteiger partial charge on any atom is -0.456 e. The number of rotatable bonds is 4. The molecule has 0 saturated carbocycles. The molecule has 0 amide bonds. The molecular formula is C40H25N3O. The van der Waals surface area contributed by atoms with Crippen LogP contribution in [0.4, 0.5) is 0 Å². The lowest BCUT2D eigenvalue weighted by Gasteiger charge is -2.12. The van der Waals surface area contributed by atoms with Crippen molar-refractivity contribution in [2.75, 3.05) is 0 Å². The minimum atomic E-state index is 0.680. The molecule has 0 aliphatic rings. The van der Waals surface area contributed by atoms with Crippen LogP contribution in [0.5, 0.6) is 0 Å². The van der Waals surface area contributed by atoms with E-state index in [0.29, 0.717) is 5.82 Å². The SMILES string of the molecule is c1ccc(-c2cc(-c3cccc4oc5ccccc5c34)nc(-c3ccc(-n4c5ccccc5c5ccccc54)cc3)n2)cc1. The molecular weight excluding hydrogens is 538 g/mol. The summed E-state index contributed by atoms with van der Waals surface area (Å²) in [5, 5.41) is 4.64. The van der Waals surface area contributed by atoms with Crippen molar-refractivity contribution in [1.82, 2.24) is 14.5 Å². The maximum Gasteiger partial charge on any atom is 0.160 e. The number of hydrogen-bond acceptors (Lipinski definition) is 3. The van der Waals surface area contributed by atoms with E-state index in [1.165, 1.54) is 21.8 Å². The zero-order chi connectivity index (χ0) is 29.0. The third-order valence-corrected chi connectivity index (χ3v) is 8.44. The Balaban J connectivity index is 1.23. The largest absolute Gasteiger partial charge is 0.456 e. The molecule has 3 heterocycles. The fourth-order valence-electron chi connectivity index (χ4n) is 6.42. The lowest BCUT2D eigenvalue weighted by molar-refractivity contribution is 0.669. The van der Waals surface area contributed by atoms with Gasteiger partial charge in [0.2, 0.25) is 0 Å². The fraction of sp³-hybridized carbons (Fsp3) is 0. The lowest BCUT2D eigenvalue weighted by atomic mass is 10.0. The summed E-state index contributed by atoms with van der Waals surface area (Å²) < 4.78 is 8.53. The van der Waals surface area contributed by atoms with Crippen LogP contribution in [-0.2, 0) is 0 Å². The summed E-state index contributed by atoms with van der Waals surface area (Å²) in [5.41, 5.74) is 9.95. The van der Waals surface area contributed by atoms with Gasteiger partial charge in [-0.1, -0.05) is 97.1 Å². The smallest absolute Gasteiger partial charge is 0.160 e. The molecule has 0 bridgehead atoms. The first-order valence-corrected chi connectivity index (χ1v) is 14.8. The van der Waals surface area contributed by atoms with Crippen LogP contribution in [0, 0.1) is 0 Å². The number of benzene rings is 6. The molecule has 0 aliphatic carbocycles. The molecule has 9 aromatic rings. The Kier molecular flexibility index (Phi) is 5.47. The normalized spacial score (nSPS) is 11.6. The zero-order valence-electron chi connectivity index (χ0n) is 23.7. The van der Waals surface area contributed by atoms with Gasteiger partial charge >= 0.3 is 0 Å². The molecule has 3 aromatic heterocycles. The predicted molar refractivity (Wildman–Crippen MR) is 180 cm³/mol. The highest BCUT2D eigenvalue weighted by atomic mass is 16.3. The average molecular weight is 564 g/mol. The van der Waals surface area contributed by atoms with Crippen LogP contribution in [0.1, 0.15) is 0 Å². The molecule has 0 N–H and O–H groups in total. The van der Waals surface area contributed by atoms with Gasteiger partial charge in [0, 0.05) is 43.9 Å². The summed E-state index contributed by atoms with van der Waals surface area (Å²) in [6, 6.07) is 52.5. The highest BCUT2D eigenvalue weighted by Gasteiger charge is 2.17. The Labute approximate surface area is 253 Å². The highest BCUT2D eigenvalue weighted by molar-refractivity contribution is 6.12. The van der Waals surface area contributed by atoms with E-state index >= 15 is 0 Å². The second-order valence-corrected chi connectivity index (χ2v) is 11.0. The molecule has 0 saturated heterocycles. The van der Waals surface area contributed by atoms with Crippen LogP contribution in [0.25, 0.3) is 83.3 Å². The monoisotopic (exact) mass is 563 g/mol. The van der Waals surface area contributed by atoms with Gasteiger partial charge in [-0.25, -0.2) is 9.97 Å². The summed E-state index contributed by atoms with van der Waals surface area (Å²) >= 11 is 0. The van der Waals surface area contributed by atoms with Crippen LogP contribution in [0.2, 0.25) is 0 Å². The molecule has 206 valence electrons. The van der Waals surface area contributed by atoms with Gasteiger partial charge in [-0.05, 0) is 54.6 Å². The third-order valence-electron chi connectivity index (χ3n) is 8.44. The first-order chi connectivity index (χ1) is 21.8. The van der Waals surface area contributed by atoms with Crippen LogP contribution < -0.4 is 0 Å². The van der Waals surface area contributed by atoms with E-state index in [-0.39, 0.29) is 0 Å². The van der Waals surface area contributed by atoms with E-state index in [4.69, 9.17) is 14.4 Å². The van der Waals surface area contributed by atoms with Crippen molar-refractivity contribution >= 4 is 43.7 Å². The highest BCUT2D eigenvalue weighted by Crippen LogP contribution is 2.38. The molecule has 0 fully saturated rings. The van der Waals surface area contributed by atoms with Crippen LogP contribution >= 0.6 is 0 Å². The fourth-order valence-corrected chi connectivity index (χ4v) is 6.42. The van der Waals surface area contributed by atoms with Crippen molar-refractivity contribution in [2.45, 2.75) is 0 Å². The van der Waals surface area contributed by atoms with Gasteiger partial charge in [-0.2, -0.15) is 0 Å². The van der Waals surface area contributed by atoms with E-state index in [1.54, 1.807) is 0 Å². The Morgan fingerprint density at radius 1 is 0.455 bits per heavy atom. The second-order valence-electron chi connectivity index (χ2n) is 11.0. The van der Waals surface area contributed by atoms with Gasteiger partial charge in [0.1, 0.15) is 11.2 Å². The zero-order valence-corrected chi connectivity index (χ0v) is 23.7. The summed E-state index contributed by atoms with van der Waals surface area (Å²) in [6.07, 6.45) is 0. The number of nitrogens with zero attached hydrogens (tertiary/aromatic N) is 3. The Morgan fingerprint density at radius 3 is 1.82 bits per heavy atom. The predicted octanol–water partition coefficient (Wildman–Crippen LogP) is 10.5. The Bertz CT molecular complexity index is 2430. The Hall–Kier alpha value is -6.00. The molecule has 0 unspecified atom stereocenters. The van der Waals surface area contributed by atoms with E-state index in [9.17, 15) is 0 Å². The molecule has 44 heavy (non-hydrogen) atoms. The van der Waals surface area contributed by atoms with Gasteiger partial charge in [0.15, 0.2) is 5.82 Å². The maximum absolute atomic E-state index is 6.21. The van der Waals surface area contributed by atoms with Gasteiger partial charge in [0.25, 0.3) is 0 Å². The van der Waals surface area contributed by atoms with Crippen LogP contribution in [0.3, 0.4) is 0 Å². The van der Waals surface area contributed by atoms with Crippen molar-refractivity contribution in [3.05, 3.63) is 152 Å². The summed E-state index contributed by atoms with van der Waals surface area (Å²) in [7, 11) is 0. The molecule has 4 nitrogen and oxygen atoms in total. The van der Waals surface area contributed by atoms with Gasteiger partial charge in [0.05, 0.1) is 22.4 Å². The summed E-state index contributed by atoms with van der Waals surface area (Å²) in [5.74, 6) is 0.680. The molecule has 0 atom stereocenters. The van der Waals surface area contributed by atoms with E-state index in [2.05, 4.69) is 108 Å². The van der Waals surface area contributed by atoms with Gasteiger partial charge < -0.3 is 8.98 Å². The molecule has 0 spiro atoms. The summed E-state index contributed by atoms with van der Waals surface area (Å²) in [6.45, 7) is 0. The lowest BCUT2D eigenvalue weighted by Crippen LogP contribution is -1.97. The van der Waals surface area contributed by atoms with E-state index < -0.39 is 0 Å². The van der Waals surface area contributed by atoms with E-state index in [1.807, 2.05) is 48.5 Å². The molecule has 4 heteroatoms. The second kappa shape index (κ2) is 9.79. The molecule has 0 radical (unpaired) electrons. The quantitative estimate of drug-likeness (QED) is 0.214.